The van der Waals surface area contributed by atoms with Crippen molar-refractivity contribution in [3.63, 3.8) is 0 Å². The number of likely N-dealkylation sites (N-methyl/N-ethyl adjacent to an activating group) is 1. The average molecular weight is 232 g/mol. The molecule has 1 heterocycles. The molecule has 1 N–H and O–H groups in total. The smallest absolute Gasteiger partial charge is 0.0243 e. The lowest BCUT2D eigenvalue weighted by Gasteiger charge is -2.41. The third-order valence-electron chi connectivity index (χ3n) is 4.26. The van der Waals surface area contributed by atoms with Crippen molar-refractivity contribution >= 4 is 0 Å². The number of rotatable bonds is 3. The summed E-state index contributed by atoms with van der Waals surface area (Å²) in [6.45, 7) is 4.62. The number of aryl methyl sites for hydroxylation is 1. The van der Waals surface area contributed by atoms with Gasteiger partial charge in [0.05, 0.1) is 0 Å². The molecule has 0 aliphatic carbocycles. The Morgan fingerprint density at radius 1 is 1.24 bits per heavy atom. The van der Waals surface area contributed by atoms with Crippen LogP contribution < -0.4 is 5.32 Å². The average Bonchev–Trinajstić information content (AvgIpc) is 2.35. The molecule has 1 aromatic rings. The summed E-state index contributed by atoms with van der Waals surface area (Å²) in [5.74, 6) is 0. The number of nitrogens with zero attached hydrogens (tertiary/aromatic N) is 1. The molecule has 1 saturated heterocycles. The first-order valence-corrected chi connectivity index (χ1v) is 6.57. The van der Waals surface area contributed by atoms with Gasteiger partial charge < -0.3 is 10.2 Å². The second-order valence-corrected chi connectivity index (χ2v) is 5.44. The highest BCUT2D eigenvalue weighted by atomic mass is 15.1. The molecule has 17 heavy (non-hydrogen) atoms. The van der Waals surface area contributed by atoms with Crippen LogP contribution in [0.25, 0.3) is 0 Å². The summed E-state index contributed by atoms with van der Waals surface area (Å²) < 4.78 is 0. The quantitative estimate of drug-likeness (QED) is 0.859. The maximum atomic E-state index is 3.59. The predicted octanol–water partition coefficient (Wildman–Crippen LogP) is 2.22. The van der Waals surface area contributed by atoms with E-state index in [1.807, 2.05) is 0 Å². The van der Waals surface area contributed by atoms with Crippen LogP contribution in [0.3, 0.4) is 0 Å². The van der Waals surface area contributed by atoms with Crippen molar-refractivity contribution in [3.8, 4) is 0 Å². The van der Waals surface area contributed by atoms with Crippen LogP contribution in [0.4, 0.5) is 0 Å². The zero-order valence-electron chi connectivity index (χ0n) is 11.3. The van der Waals surface area contributed by atoms with Gasteiger partial charge in [0.2, 0.25) is 0 Å². The van der Waals surface area contributed by atoms with E-state index >= 15 is 0 Å². The van der Waals surface area contributed by atoms with Gasteiger partial charge in [-0.2, -0.15) is 0 Å². The molecule has 0 saturated carbocycles. The van der Waals surface area contributed by atoms with Gasteiger partial charge in [0.1, 0.15) is 0 Å². The van der Waals surface area contributed by atoms with Gasteiger partial charge in [0.25, 0.3) is 0 Å². The molecule has 0 bridgehead atoms. The van der Waals surface area contributed by atoms with E-state index in [0.29, 0.717) is 5.54 Å². The Morgan fingerprint density at radius 3 is 2.47 bits per heavy atom. The number of benzene rings is 1. The zero-order chi connectivity index (χ0) is 12.3. The molecular weight excluding hydrogens is 208 g/mol. The Morgan fingerprint density at radius 2 is 1.88 bits per heavy atom. The van der Waals surface area contributed by atoms with Gasteiger partial charge >= 0.3 is 0 Å². The molecule has 2 nitrogen and oxygen atoms in total. The van der Waals surface area contributed by atoms with E-state index in [4.69, 9.17) is 0 Å². The summed E-state index contributed by atoms with van der Waals surface area (Å²) in [6, 6.07) is 8.76. The highest BCUT2D eigenvalue weighted by Gasteiger charge is 2.32. The first-order chi connectivity index (χ1) is 8.15. The molecule has 1 aliphatic rings. The van der Waals surface area contributed by atoms with Crippen molar-refractivity contribution in [2.45, 2.75) is 31.7 Å². The van der Waals surface area contributed by atoms with E-state index in [2.05, 4.69) is 55.5 Å². The predicted molar refractivity (Wildman–Crippen MR) is 73.4 cm³/mol. The van der Waals surface area contributed by atoms with Gasteiger partial charge in [-0.25, -0.2) is 0 Å². The van der Waals surface area contributed by atoms with Crippen LogP contribution in [0.1, 0.15) is 24.0 Å². The molecule has 2 rings (SSSR count). The molecule has 1 aromatic carbocycles. The Bertz CT molecular complexity index is 365. The van der Waals surface area contributed by atoms with Gasteiger partial charge in [-0.05, 0) is 64.5 Å². The maximum absolute atomic E-state index is 3.59. The highest BCUT2D eigenvalue weighted by Crippen LogP contribution is 2.26. The summed E-state index contributed by atoms with van der Waals surface area (Å²) in [4.78, 5) is 2.42. The fraction of sp³-hybridized carbons (Fsp3) is 0.600. The van der Waals surface area contributed by atoms with Gasteiger partial charge in [-0.3, -0.25) is 0 Å². The summed E-state index contributed by atoms with van der Waals surface area (Å²) >= 11 is 0. The number of hydrogen-bond acceptors (Lipinski definition) is 2. The second kappa shape index (κ2) is 5.19. The van der Waals surface area contributed by atoms with Gasteiger partial charge in [0.15, 0.2) is 0 Å². The SMILES string of the molecule is CNC1(Cc2ccccc2C)CCN(C)CC1. The second-order valence-electron chi connectivity index (χ2n) is 5.44. The van der Waals surface area contributed by atoms with Gasteiger partial charge in [0, 0.05) is 5.54 Å². The van der Waals surface area contributed by atoms with Crippen molar-refractivity contribution in [3.05, 3.63) is 35.4 Å². The molecule has 0 radical (unpaired) electrons. The van der Waals surface area contributed by atoms with Crippen LogP contribution in [0, 0.1) is 6.92 Å². The number of likely N-dealkylation sites (tertiary alicyclic amines) is 1. The lowest BCUT2D eigenvalue weighted by molar-refractivity contribution is 0.163. The minimum atomic E-state index is 0.304. The fourth-order valence-corrected chi connectivity index (χ4v) is 2.73. The normalized spacial score (nSPS) is 20.4. The number of nitrogens with one attached hydrogen (secondary N) is 1. The van der Waals surface area contributed by atoms with E-state index in [-0.39, 0.29) is 0 Å². The van der Waals surface area contributed by atoms with Crippen LogP contribution >= 0.6 is 0 Å². The molecule has 0 unspecified atom stereocenters. The van der Waals surface area contributed by atoms with E-state index in [1.54, 1.807) is 0 Å². The minimum Gasteiger partial charge on any atom is -0.314 e. The Hall–Kier alpha value is -0.860. The summed E-state index contributed by atoms with van der Waals surface area (Å²) in [6.07, 6.45) is 3.65. The Balaban J connectivity index is 2.12. The van der Waals surface area contributed by atoms with Crippen LogP contribution in [0.2, 0.25) is 0 Å². The van der Waals surface area contributed by atoms with E-state index in [0.717, 1.165) is 6.42 Å². The lowest BCUT2D eigenvalue weighted by atomic mass is 9.81. The molecule has 0 amide bonds. The van der Waals surface area contributed by atoms with E-state index in [9.17, 15) is 0 Å². The molecule has 1 fully saturated rings. The van der Waals surface area contributed by atoms with Crippen molar-refractivity contribution in [2.75, 3.05) is 27.2 Å². The third kappa shape index (κ3) is 2.88. The largest absolute Gasteiger partial charge is 0.314 e. The number of piperidine rings is 1. The van der Waals surface area contributed by atoms with Crippen molar-refractivity contribution in [2.24, 2.45) is 0 Å². The first-order valence-electron chi connectivity index (χ1n) is 6.57. The minimum absolute atomic E-state index is 0.304. The molecule has 1 aliphatic heterocycles. The summed E-state index contributed by atoms with van der Waals surface area (Å²) in [5.41, 5.74) is 3.21. The molecule has 0 spiro atoms. The van der Waals surface area contributed by atoms with Crippen LogP contribution in [-0.4, -0.2) is 37.6 Å². The Labute approximate surface area is 105 Å². The van der Waals surface area contributed by atoms with Crippen molar-refractivity contribution < 1.29 is 0 Å². The number of hydrogen-bond donors (Lipinski definition) is 1. The molecule has 94 valence electrons. The lowest BCUT2D eigenvalue weighted by Crippen LogP contribution is -2.52. The molecule has 0 atom stereocenters. The Kier molecular flexibility index (Phi) is 3.85. The monoisotopic (exact) mass is 232 g/mol. The van der Waals surface area contributed by atoms with Crippen molar-refractivity contribution in [1.82, 2.24) is 10.2 Å². The van der Waals surface area contributed by atoms with Gasteiger partial charge in [-0.15, -0.1) is 0 Å². The standard InChI is InChI=1S/C15H24N2/c1-13-6-4-5-7-14(13)12-15(16-2)8-10-17(3)11-9-15/h4-7,16H,8-12H2,1-3H3. The summed E-state index contributed by atoms with van der Waals surface area (Å²) in [5, 5.41) is 3.59. The molecular formula is C15H24N2. The van der Waals surface area contributed by atoms with Crippen LogP contribution in [-0.2, 0) is 6.42 Å². The zero-order valence-corrected chi connectivity index (χ0v) is 11.3. The first kappa shape index (κ1) is 12.6. The van der Waals surface area contributed by atoms with E-state index < -0.39 is 0 Å². The third-order valence-corrected chi connectivity index (χ3v) is 4.26. The fourth-order valence-electron chi connectivity index (χ4n) is 2.73. The molecule has 0 aromatic heterocycles. The maximum Gasteiger partial charge on any atom is 0.0243 e. The van der Waals surface area contributed by atoms with Crippen LogP contribution in [0.5, 0.6) is 0 Å². The van der Waals surface area contributed by atoms with Crippen molar-refractivity contribution in [1.29, 1.82) is 0 Å². The van der Waals surface area contributed by atoms with E-state index in [1.165, 1.54) is 37.1 Å². The topological polar surface area (TPSA) is 15.3 Å². The summed E-state index contributed by atoms with van der Waals surface area (Å²) in [7, 11) is 4.33. The van der Waals surface area contributed by atoms with Crippen LogP contribution in [0.15, 0.2) is 24.3 Å². The molecule has 2 heteroatoms. The van der Waals surface area contributed by atoms with Gasteiger partial charge in [-0.1, -0.05) is 24.3 Å². The highest BCUT2D eigenvalue weighted by molar-refractivity contribution is 5.27.